The molecule has 0 aliphatic carbocycles. The molecule has 0 radical (unpaired) electrons. The van der Waals surface area contributed by atoms with Crippen molar-refractivity contribution in [2.24, 2.45) is 5.73 Å². The van der Waals surface area contributed by atoms with Crippen LogP contribution in [0.25, 0.3) is 0 Å². The molecule has 4 nitrogen and oxygen atoms in total. The van der Waals surface area contributed by atoms with Gasteiger partial charge in [-0.15, -0.1) is 0 Å². The summed E-state index contributed by atoms with van der Waals surface area (Å²) in [6.07, 6.45) is 0.546. The van der Waals surface area contributed by atoms with Gasteiger partial charge in [-0.2, -0.15) is 0 Å². The molecule has 0 aromatic carbocycles. The minimum Gasteiger partial charge on any atom is -0.379 e. The molecular weight excluding hydrogens is 192 g/mol. The average molecular weight is 216 g/mol. The molecule has 0 bridgehead atoms. The van der Waals surface area contributed by atoms with Crippen LogP contribution in [0.3, 0.4) is 0 Å². The second-order valence-corrected chi connectivity index (χ2v) is 5.14. The van der Waals surface area contributed by atoms with Crippen LogP contribution in [0.1, 0.15) is 41.0 Å². The zero-order valence-corrected chi connectivity index (χ0v) is 10.7. The van der Waals surface area contributed by atoms with Crippen molar-refractivity contribution >= 4 is 5.91 Å². The molecule has 0 aromatic rings. The van der Waals surface area contributed by atoms with E-state index in [1.165, 1.54) is 0 Å². The number of carbonyl (C=O) groups is 1. The predicted octanol–water partition coefficient (Wildman–Crippen LogP) is 1.04. The number of hydrogen-bond acceptors (Lipinski definition) is 3. The zero-order valence-electron chi connectivity index (χ0n) is 10.7. The fourth-order valence-corrected chi connectivity index (χ4v) is 1.77. The first-order chi connectivity index (χ1) is 6.63. The van der Waals surface area contributed by atoms with Crippen molar-refractivity contribution in [3.8, 4) is 0 Å². The van der Waals surface area contributed by atoms with Crippen LogP contribution < -0.4 is 11.1 Å². The molecule has 0 spiro atoms. The summed E-state index contributed by atoms with van der Waals surface area (Å²) in [4.78, 5) is 11.5. The Balaban J connectivity index is 4.73. The van der Waals surface area contributed by atoms with Crippen LogP contribution in [0, 0.1) is 0 Å². The molecule has 0 saturated heterocycles. The molecule has 3 N–H and O–H groups in total. The first-order valence-corrected chi connectivity index (χ1v) is 5.26. The Morgan fingerprint density at radius 1 is 1.40 bits per heavy atom. The molecule has 1 unspecified atom stereocenters. The molecule has 0 rings (SSSR count). The van der Waals surface area contributed by atoms with E-state index in [1.54, 1.807) is 7.11 Å². The maximum absolute atomic E-state index is 11.5. The summed E-state index contributed by atoms with van der Waals surface area (Å²) in [6, 6.07) is 0.204. The highest BCUT2D eigenvalue weighted by Crippen LogP contribution is 2.23. The van der Waals surface area contributed by atoms with Gasteiger partial charge in [0, 0.05) is 19.6 Å². The molecule has 0 saturated carbocycles. The fraction of sp³-hybridized carbons (Fsp3) is 0.909. The van der Waals surface area contributed by atoms with E-state index < -0.39 is 5.54 Å². The summed E-state index contributed by atoms with van der Waals surface area (Å²) in [6.45, 7) is 9.67. The molecule has 1 amide bonds. The van der Waals surface area contributed by atoms with Crippen LogP contribution >= 0.6 is 0 Å². The molecule has 0 heterocycles. The first-order valence-electron chi connectivity index (χ1n) is 5.26. The van der Waals surface area contributed by atoms with Gasteiger partial charge >= 0.3 is 0 Å². The predicted molar refractivity (Wildman–Crippen MR) is 61.6 cm³/mol. The van der Waals surface area contributed by atoms with Gasteiger partial charge in [0.1, 0.15) is 0 Å². The van der Waals surface area contributed by atoms with Crippen LogP contribution in [0.15, 0.2) is 0 Å². The topological polar surface area (TPSA) is 64.3 Å². The third-order valence-corrected chi connectivity index (χ3v) is 2.48. The zero-order chi connectivity index (χ0) is 12.3. The summed E-state index contributed by atoms with van der Waals surface area (Å²) < 4.78 is 5.32. The molecule has 15 heavy (non-hydrogen) atoms. The SMILES string of the molecule is COC(C)(C)CC(C)(NC(C)C)C(N)=O. The van der Waals surface area contributed by atoms with Crippen LogP contribution in [-0.4, -0.2) is 30.2 Å². The summed E-state index contributed by atoms with van der Waals surface area (Å²) in [5.74, 6) is -0.346. The Bertz CT molecular complexity index is 227. The van der Waals surface area contributed by atoms with Gasteiger partial charge in [0.05, 0.1) is 11.1 Å². The number of nitrogens with one attached hydrogen (secondary N) is 1. The Morgan fingerprint density at radius 2 is 1.87 bits per heavy atom. The van der Waals surface area contributed by atoms with E-state index >= 15 is 0 Å². The molecule has 0 aromatic heterocycles. The Kier molecular flexibility index (Phi) is 4.74. The van der Waals surface area contributed by atoms with Crippen molar-refractivity contribution in [2.75, 3.05) is 7.11 Å². The molecule has 90 valence electrons. The van der Waals surface area contributed by atoms with E-state index in [9.17, 15) is 4.79 Å². The fourth-order valence-electron chi connectivity index (χ4n) is 1.77. The maximum atomic E-state index is 11.5. The van der Waals surface area contributed by atoms with E-state index in [2.05, 4.69) is 5.32 Å². The molecule has 0 fully saturated rings. The summed E-state index contributed by atoms with van der Waals surface area (Å²) in [5, 5.41) is 3.19. The van der Waals surface area contributed by atoms with Crippen molar-refractivity contribution < 1.29 is 9.53 Å². The number of methoxy groups -OCH3 is 1. The van der Waals surface area contributed by atoms with Gasteiger partial charge in [-0.1, -0.05) is 0 Å². The van der Waals surface area contributed by atoms with Gasteiger partial charge in [0.2, 0.25) is 5.91 Å². The van der Waals surface area contributed by atoms with Gasteiger partial charge in [-0.25, -0.2) is 0 Å². The van der Waals surface area contributed by atoms with Gasteiger partial charge in [0.25, 0.3) is 0 Å². The van der Waals surface area contributed by atoms with Crippen LogP contribution in [0.5, 0.6) is 0 Å². The van der Waals surface area contributed by atoms with Gasteiger partial charge in [-0.05, 0) is 34.6 Å². The lowest BCUT2D eigenvalue weighted by Crippen LogP contribution is -2.58. The normalized spacial score (nSPS) is 16.5. The number of ether oxygens (including phenoxy) is 1. The quantitative estimate of drug-likeness (QED) is 0.697. The number of rotatable bonds is 6. The number of carbonyl (C=O) groups excluding carboxylic acids is 1. The summed E-state index contributed by atoms with van der Waals surface area (Å²) >= 11 is 0. The monoisotopic (exact) mass is 216 g/mol. The molecule has 1 atom stereocenters. The summed E-state index contributed by atoms with van der Waals surface area (Å²) in [5.41, 5.74) is 4.33. The van der Waals surface area contributed by atoms with E-state index in [-0.39, 0.29) is 17.6 Å². The standard InChI is InChI=1S/C11H24N2O2/c1-8(2)13-11(5,9(12)14)7-10(3,4)15-6/h8,13H,7H2,1-6H3,(H2,12,14). The minimum atomic E-state index is -0.728. The van der Waals surface area contributed by atoms with Crippen LogP contribution in [0.4, 0.5) is 0 Å². The Morgan fingerprint density at radius 3 is 2.13 bits per heavy atom. The molecular formula is C11H24N2O2. The molecule has 0 aliphatic rings. The van der Waals surface area contributed by atoms with Crippen molar-refractivity contribution in [1.29, 1.82) is 0 Å². The van der Waals surface area contributed by atoms with Crippen molar-refractivity contribution in [2.45, 2.75) is 58.2 Å². The first kappa shape index (κ1) is 14.4. The minimum absolute atomic E-state index is 0.204. The highest BCUT2D eigenvalue weighted by Gasteiger charge is 2.37. The number of amides is 1. The van der Waals surface area contributed by atoms with E-state index in [1.807, 2.05) is 34.6 Å². The average Bonchev–Trinajstić information content (AvgIpc) is 2.01. The second kappa shape index (κ2) is 4.94. The lowest BCUT2D eigenvalue weighted by Gasteiger charge is -2.36. The van der Waals surface area contributed by atoms with E-state index in [0.717, 1.165) is 0 Å². The summed E-state index contributed by atoms with van der Waals surface area (Å²) in [7, 11) is 1.64. The van der Waals surface area contributed by atoms with Crippen LogP contribution in [0.2, 0.25) is 0 Å². The van der Waals surface area contributed by atoms with Crippen LogP contribution in [-0.2, 0) is 9.53 Å². The lowest BCUT2D eigenvalue weighted by molar-refractivity contribution is -0.127. The highest BCUT2D eigenvalue weighted by atomic mass is 16.5. The lowest BCUT2D eigenvalue weighted by atomic mass is 9.86. The number of primary amides is 1. The van der Waals surface area contributed by atoms with Crippen molar-refractivity contribution in [3.63, 3.8) is 0 Å². The highest BCUT2D eigenvalue weighted by molar-refractivity contribution is 5.84. The number of hydrogen-bond donors (Lipinski definition) is 2. The van der Waals surface area contributed by atoms with E-state index in [0.29, 0.717) is 6.42 Å². The number of nitrogens with two attached hydrogens (primary N) is 1. The third-order valence-electron chi connectivity index (χ3n) is 2.48. The molecule has 0 aliphatic heterocycles. The van der Waals surface area contributed by atoms with Gasteiger partial charge in [-0.3, -0.25) is 4.79 Å². The van der Waals surface area contributed by atoms with Gasteiger partial charge in [0.15, 0.2) is 0 Å². The molecule has 4 heteroatoms. The van der Waals surface area contributed by atoms with Gasteiger partial charge < -0.3 is 15.8 Å². The maximum Gasteiger partial charge on any atom is 0.237 e. The largest absolute Gasteiger partial charge is 0.379 e. The Hall–Kier alpha value is -0.610. The third kappa shape index (κ3) is 4.62. The second-order valence-electron chi connectivity index (χ2n) is 5.14. The Labute approximate surface area is 92.6 Å². The van der Waals surface area contributed by atoms with Crippen molar-refractivity contribution in [3.05, 3.63) is 0 Å². The van der Waals surface area contributed by atoms with E-state index in [4.69, 9.17) is 10.5 Å². The van der Waals surface area contributed by atoms with Crippen molar-refractivity contribution in [1.82, 2.24) is 5.32 Å². The smallest absolute Gasteiger partial charge is 0.237 e.